The molecular formula is C15H21NY-2. The summed E-state index contributed by atoms with van der Waals surface area (Å²) in [6.45, 7) is 10.00. The molecule has 91 valence electrons. The van der Waals surface area contributed by atoms with Gasteiger partial charge in [-0.2, -0.15) is 23.9 Å². The van der Waals surface area contributed by atoms with Gasteiger partial charge in [0.15, 0.2) is 0 Å². The zero-order valence-electron chi connectivity index (χ0n) is 11.5. The summed E-state index contributed by atoms with van der Waals surface area (Å²) in [4.78, 5) is 3.92. The van der Waals surface area contributed by atoms with Gasteiger partial charge in [-0.05, 0) is 6.21 Å². The van der Waals surface area contributed by atoms with Crippen LogP contribution in [0.2, 0.25) is 0 Å². The molecule has 1 rings (SSSR count). The number of nitrogens with zero attached hydrogens (tertiary/aromatic N) is 1. The second-order valence-electron chi connectivity index (χ2n) is 2.55. The molecule has 0 aliphatic carbocycles. The van der Waals surface area contributed by atoms with Crippen LogP contribution in [0.4, 0.5) is 5.69 Å². The van der Waals surface area contributed by atoms with Crippen molar-refractivity contribution in [3.63, 3.8) is 0 Å². The van der Waals surface area contributed by atoms with Crippen LogP contribution in [0, 0.1) is 17.9 Å². The van der Waals surface area contributed by atoms with Crippen LogP contribution in [0.1, 0.15) is 41.0 Å². The topological polar surface area (TPSA) is 12.4 Å². The molecule has 0 bridgehead atoms. The van der Waals surface area contributed by atoms with Crippen LogP contribution in [-0.4, -0.2) is 6.21 Å². The standard InChI is InChI=1S/C10H7N.C3H8.C2H6.Y/c1-2-3-9-11-10-7-5-4-6-8-10;1-3-2;1-2;/h4-7H,1H3;3H2,1-2H3;1-2H3;/q-2;;;. The molecule has 0 saturated carbocycles. The average Bonchev–Trinajstić information content (AvgIpc) is 2.34. The Kier molecular flexibility index (Phi) is 26.8. The van der Waals surface area contributed by atoms with Crippen molar-refractivity contribution >= 4 is 11.9 Å². The summed E-state index contributed by atoms with van der Waals surface area (Å²) in [5, 5.41) is 0. The zero-order valence-corrected chi connectivity index (χ0v) is 14.4. The maximum Gasteiger partial charge on any atom is 0 e. The molecule has 2 heteroatoms. The van der Waals surface area contributed by atoms with Crippen LogP contribution < -0.4 is 0 Å². The smallest absolute Gasteiger partial charge is 0 e. The van der Waals surface area contributed by atoms with Gasteiger partial charge in [0.1, 0.15) is 0 Å². The van der Waals surface area contributed by atoms with Crippen molar-refractivity contribution in [1.29, 1.82) is 0 Å². The zero-order chi connectivity index (χ0) is 12.6. The first kappa shape index (κ1) is 21.8. The summed E-state index contributed by atoms with van der Waals surface area (Å²) in [6, 6.07) is 10.4. The molecule has 0 aromatic heterocycles. The molecule has 1 aromatic carbocycles. The molecular weight excluding hydrogens is 283 g/mol. The van der Waals surface area contributed by atoms with Gasteiger partial charge in [-0.15, -0.1) is 0 Å². The minimum absolute atomic E-state index is 0. The van der Waals surface area contributed by atoms with Gasteiger partial charge in [0.25, 0.3) is 0 Å². The number of hydrogen-bond acceptors (Lipinski definition) is 1. The van der Waals surface area contributed by atoms with E-state index in [1.54, 1.807) is 13.0 Å². The van der Waals surface area contributed by atoms with Crippen LogP contribution in [0.3, 0.4) is 0 Å². The fourth-order valence-electron chi connectivity index (χ4n) is 0.597. The number of aliphatic imine (C=N–C) groups is 1. The number of benzene rings is 1. The SMILES string of the molecule is CC.CC#C[C-]=Nc1[c-]cccc1.CCC.[Y]. The van der Waals surface area contributed by atoms with Crippen molar-refractivity contribution in [2.75, 3.05) is 0 Å². The molecule has 0 aliphatic heterocycles. The molecule has 0 atom stereocenters. The van der Waals surface area contributed by atoms with E-state index in [0.29, 0.717) is 0 Å². The van der Waals surface area contributed by atoms with Gasteiger partial charge in [0.05, 0.1) is 0 Å². The maximum atomic E-state index is 3.92. The van der Waals surface area contributed by atoms with Crippen molar-refractivity contribution < 1.29 is 32.7 Å². The molecule has 17 heavy (non-hydrogen) atoms. The summed E-state index contributed by atoms with van der Waals surface area (Å²) in [7, 11) is 0. The summed E-state index contributed by atoms with van der Waals surface area (Å²) < 4.78 is 0. The van der Waals surface area contributed by atoms with Gasteiger partial charge in [-0.1, -0.05) is 41.0 Å². The Morgan fingerprint density at radius 1 is 1.29 bits per heavy atom. The van der Waals surface area contributed by atoms with Gasteiger partial charge in [0.2, 0.25) is 0 Å². The second-order valence-corrected chi connectivity index (χ2v) is 2.55. The summed E-state index contributed by atoms with van der Waals surface area (Å²) in [5.41, 5.74) is 0.759. The van der Waals surface area contributed by atoms with Gasteiger partial charge in [-0.3, -0.25) is 5.92 Å². The molecule has 0 fully saturated rings. The molecule has 0 heterocycles. The second kappa shape index (κ2) is 20.9. The van der Waals surface area contributed by atoms with E-state index in [4.69, 9.17) is 0 Å². The monoisotopic (exact) mass is 304 g/mol. The molecule has 0 aliphatic rings. The fourth-order valence-corrected chi connectivity index (χ4v) is 0.597. The molecule has 0 N–H and O–H groups in total. The quantitative estimate of drug-likeness (QED) is 0.411. The number of rotatable bonds is 1. The average molecular weight is 304 g/mol. The predicted octanol–water partition coefficient (Wildman–Crippen LogP) is 4.53. The molecule has 0 amide bonds. The first-order chi connectivity index (χ1) is 7.85. The minimum Gasteiger partial charge on any atom is -0.402 e. The van der Waals surface area contributed by atoms with Crippen molar-refractivity contribution in [3.05, 3.63) is 30.3 Å². The maximum absolute atomic E-state index is 3.92. The van der Waals surface area contributed by atoms with Crippen molar-refractivity contribution in [2.24, 2.45) is 4.99 Å². The van der Waals surface area contributed by atoms with E-state index >= 15 is 0 Å². The van der Waals surface area contributed by atoms with Gasteiger partial charge in [0, 0.05) is 32.7 Å². The Labute approximate surface area is 132 Å². The Balaban J connectivity index is -0.000000286. The van der Waals surface area contributed by atoms with E-state index in [-0.39, 0.29) is 32.7 Å². The minimum atomic E-state index is 0. The van der Waals surface area contributed by atoms with Gasteiger partial charge >= 0.3 is 0 Å². The molecule has 0 saturated heterocycles. The number of hydrogen-bond donors (Lipinski definition) is 0. The van der Waals surface area contributed by atoms with E-state index in [0.717, 1.165) is 5.69 Å². The summed E-state index contributed by atoms with van der Waals surface area (Å²) >= 11 is 0. The fraction of sp³-hybridized carbons (Fsp3) is 0.400. The third-order valence-electron chi connectivity index (χ3n) is 1.05. The van der Waals surface area contributed by atoms with Gasteiger partial charge in [-0.25, -0.2) is 18.1 Å². The largest absolute Gasteiger partial charge is 0.402 e. The Hall–Kier alpha value is -0.446. The number of para-hydroxylation sites is 1. The van der Waals surface area contributed by atoms with Crippen LogP contribution in [-0.2, 0) is 32.7 Å². The third kappa shape index (κ3) is 18.1. The normalized spacial score (nSPS) is 7.35. The Morgan fingerprint density at radius 2 is 1.88 bits per heavy atom. The van der Waals surface area contributed by atoms with E-state index < -0.39 is 0 Å². The first-order valence-corrected chi connectivity index (χ1v) is 5.69. The summed E-state index contributed by atoms with van der Waals surface area (Å²) in [5.74, 6) is 5.28. The van der Waals surface area contributed by atoms with Crippen LogP contribution in [0.5, 0.6) is 0 Å². The van der Waals surface area contributed by atoms with Crippen molar-refractivity contribution in [1.82, 2.24) is 0 Å². The molecule has 0 unspecified atom stereocenters. The molecule has 1 aromatic rings. The first-order valence-electron chi connectivity index (χ1n) is 5.69. The van der Waals surface area contributed by atoms with Gasteiger partial charge < -0.3 is 4.99 Å². The van der Waals surface area contributed by atoms with Crippen molar-refractivity contribution in [2.45, 2.75) is 41.0 Å². The summed E-state index contributed by atoms with van der Waals surface area (Å²) in [6.07, 6.45) is 3.83. The van der Waals surface area contributed by atoms with Crippen molar-refractivity contribution in [3.8, 4) is 11.8 Å². The van der Waals surface area contributed by atoms with E-state index in [1.807, 2.05) is 32.0 Å². The Morgan fingerprint density at radius 3 is 2.29 bits per heavy atom. The van der Waals surface area contributed by atoms with Crippen LogP contribution in [0.25, 0.3) is 0 Å². The van der Waals surface area contributed by atoms with E-state index in [9.17, 15) is 0 Å². The third-order valence-corrected chi connectivity index (χ3v) is 1.05. The Bertz CT molecular complexity index is 307. The molecule has 0 spiro atoms. The molecule has 1 radical (unpaired) electrons. The van der Waals surface area contributed by atoms with E-state index in [1.165, 1.54) is 6.42 Å². The van der Waals surface area contributed by atoms with Crippen LogP contribution >= 0.6 is 0 Å². The van der Waals surface area contributed by atoms with Crippen LogP contribution in [0.15, 0.2) is 29.3 Å². The van der Waals surface area contributed by atoms with E-state index in [2.05, 4.69) is 43.0 Å². The molecule has 1 nitrogen and oxygen atoms in total. The predicted molar refractivity (Wildman–Crippen MR) is 73.1 cm³/mol.